The number of carboxylic acid groups (broad SMARTS) is 1. The van der Waals surface area contributed by atoms with Crippen molar-refractivity contribution in [3.63, 3.8) is 0 Å². The maximum absolute atomic E-state index is 12.5. The van der Waals surface area contributed by atoms with Crippen molar-refractivity contribution < 1.29 is 14.7 Å². The first kappa shape index (κ1) is 14.4. The molecule has 0 spiro atoms. The fraction of sp³-hybridized carbons (Fsp3) is 0.538. The lowest BCUT2D eigenvalue weighted by atomic mass is 10.1. The quantitative estimate of drug-likeness (QED) is 0.907. The molecule has 1 atom stereocenters. The molecule has 0 fully saturated rings. The van der Waals surface area contributed by atoms with Gasteiger partial charge in [0.1, 0.15) is 11.8 Å². The fourth-order valence-corrected chi connectivity index (χ4v) is 4.59. The van der Waals surface area contributed by atoms with Gasteiger partial charge in [-0.2, -0.15) is 0 Å². The summed E-state index contributed by atoms with van der Waals surface area (Å²) in [6.07, 6.45) is 1.78. The van der Waals surface area contributed by atoms with Gasteiger partial charge in [-0.3, -0.25) is 9.59 Å². The lowest BCUT2D eigenvalue weighted by Crippen LogP contribution is -2.39. The summed E-state index contributed by atoms with van der Waals surface area (Å²) in [4.78, 5) is 26.1. The Bertz CT molecular complexity index is 472. The fourth-order valence-electron chi connectivity index (χ4n) is 2.22. The van der Waals surface area contributed by atoms with Gasteiger partial charge in [0.2, 0.25) is 5.91 Å². The van der Waals surface area contributed by atoms with Crippen molar-refractivity contribution in [2.24, 2.45) is 0 Å². The zero-order chi connectivity index (χ0) is 13.8. The molecule has 0 radical (unpaired) electrons. The number of fused-ring (bicyclic) bond motifs is 1. The van der Waals surface area contributed by atoms with Gasteiger partial charge >= 0.3 is 5.97 Å². The van der Waals surface area contributed by atoms with Gasteiger partial charge in [-0.05, 0) is 35.6 Å². The Morgan fingerprint density at radius 3 is 3.00 bits per heavy atom. The Balaban J connectivity index is 2.16. The van der Waals surface area contributed by atoms with Crippen molar-refractivity contribution >= 4 is 35.0 Å². The van der Waals surface area contributed by atoms with Gasteiger partial charge in [-0.25, -0.2) is 0 Å². The Morgan fingerprint density at radius 1 is 1.53 bits per heavy atom. The SMILES string of the molecule is CCCN(CC(=O)O)C(=O)C1SCCc2sccc21. The smallest absolute Gasteiger partial charge is 0.323 e. The standard InChI is InChI=1S/C13H17NO3S2/c1-2-5-14(8-11(15)16)13(17)12-9-3-6-18-10(9)4-7-19-12/h3,6,12H,2,4-5,7-8H2,1H3,(H,15,16). The minimum absolute atomic E-state index is 0.0615. The van der Waals surface area contributed by atoms with Crippen LogP contribution in [-0.2, 0) is 16.0 Å². The molecule has 0 saturated carbocycles. The van der Waals surface area contributed by atoms with E-state index in [2.05, 4.69) is 0 Å². The van der Waals surface area contributed by atoms with Crippen LogP contribution in [0.1, 0.15) is 29.0 Å². The third-order valence-electron chi connectivity index (χ3n) is 3.03. The van der Waals surface area contributed by atoms with Crippen molar-refractivity contribution in [2.75, 3.05) is 18.8 Å². The molecule has 1 N–H and O–H groups in total. The Hall–Kier alpha value is -1.01. The topological polar surface area (TPSA) is 57.6 Å². The van der Waals surface area contributed by atoms with Gasteiger partial charge in [0.15, 0.2) is 0 Å². The first-order valence-corrected chi connectivity index (χ1v) is 8.24. The highest BCUT2D eigenvalue weighted by Gasteiger charge is 2.31. The average Bonchev–Trinajstić information content (AvgIpc) is 2.85. The van der Waals surface area contributed by atoms with Crippen LogP contribution in [0.4, 0.5) is 0 Å². The molecule has 0 saturated heterocycles. The van der Waals surface area contributed by atoms with Crippen LogP contribution < -0.4 is 0 Å². The molecule has 0 aromatic carbocycles. The van der Waals surface area contributed by atoms with Crippen molar-refractivity contribution in [1.29, 1.82) is 0 Å². The first-order chi connectivity index (χ1) is 9.13. The molecule has 1 aliphatic rings. The Morgan fingerprint density at radius 2 is 2.32 bits per heavy atom. The molecule has 4 nitrogen and oxygen atoms in total. The molecule has 2 rings (SSSR count). The summed E-state index contributed by atoms with van der Waals surface area (Å²) in [7, 11) is 0. The van der Waals surface area contributed by atoms with Crippen LogP contribution in [0.3, 0.4) is 0 Å². The van der Waals surface area contributed by atoms with Gasteiger partial charge in [-0.1, -0.05) is 6.92 Å². The number of nitrogens with zero attached hydrogens (tertiary/aromatic N) is 1. The molecule has 1 amide bonds. The predicted molar refractivity (Wildman–Crippen MR) is 77.7 cm³/mol. The van der Waals surface area contributed by atoms with Crippen LogP contribution in [0.5, 0.6) is 0 Å². The summed E-state index contributed by atoms with van der Waals surface area (Å²) in [6, 6.07) is 2.00. The largest absolute Gasteiger partial charge is 0.480 e. The van der Waals surface area contributed by atoms with E-state index in [9.17, 15) is 9.59 Å². The second-order valence-electron chi connectivity index (χ2n) is 4.45. The van der Waals surface area contributed by atoms with Crippen LogP contribution in [0.25, 0.3) is 0 Å². The highest BCUT2D eigenvalue weighted by molar-refractivity contribution is 8.00. The van der Waals surface area contributed by atoms with E-state index in [4.69, 9.17) is 5.11 Å². The number of carboxylic acids is 1. The van der Waals surface area contributed by atoms with E-state index in [0.717, 1.165) is 24.2 Å². The maximum Gasteiger partial charge on any atom is 0.323 e. The minimum atomic E-state index is -0.951. The summed E-state index contributed by atoms with van der Waals surface area (Å²) in [5.74, 6) is -0.0847. The molecular weight excluding hydrogens is 282 g/mol. The third-order valence-corrected chi connectivity index (χ3v) is 5.26. The second-order valence-corrected chi connectivity index (χ2v) is 6.67. The summed E-state index contributed by atoms with van der Waals surface area (Å²) in [5.41, 5.74) is 1.08. The number of hydrogen-bond acceptors (Lipinski definition) is 4. The molecule has 1 aromatic heterocycles. The van der Waals surface area contributed by atoms with Gasteiger partial charge in [0.25, 0.3) is 0 Å². The summed E-state index contributed by atoms with van der Waals surface area (Å²) < 4.78 is 0. The number of carbonyl (C=O) groups excluding carboxylic acids is 1. The molecule has 2 heterocycles. The zero-order valence-corrected chi connectivity index (χ0v) is 12.4. The van der Waals surface area contributed by atoms with Crippen molar-refractivity contribution in [3.05, 3.63) is 21.9 Å². The van der Waals surface area contributed by atoms with Crippen LogP contribution in [0, 0.1) is 0 Å². The van der Waals surface area contributed by atoms with Crippen LogP contribution >= 0.6 is 23.1 Å². The van der Waals surface area contributed by atoms with E-state index in [1.807, 2.05) is 18.4 Å². The lowest BCUT2D eigenvalue weighted by molar-refractivity contribution is -0.144. The number of thiophene rings is 1. The van der Waals surface area contributed by atoms with Gasteiger partial charge in [-0.15, -0.1) is 23.1 Å². The average molecular weight is 299 g/mol. The van der Waals surface area contributed by atoms with E-state index >= 15 is 0 Å². The number of aryl methyl sites for hydroxylation is 1. The van der Waals surface area contributed by atoms with Crippen LogP contribution in [0.2, 0.25) is 0 Å². The normalized spacial score (nSPS) is 17.8. The lowest BCUT2D eigenvalue weighted by Gasteiger charge is -2.28. The van der Waals surface area contributed by atoms with Gasteiger partial charge in [0.05, 0.1) is 0 Å². The number of aliphatic carboxylic acids is 1. The Labute approximate surface area is 120 Å². The molecule has 19 heavy (non-hydrogen) atoms. The number of hydrogen-bond donors (Lipinski definition) is 1. The summed E-state index contributed by atoms with van der Waals surface area (Å²) in [6.45, 7) is 2.25. The highest BCUT2D eigenvalue weighted by Crippen LogP contribution is 2.40. The summed E-state index contributed by atoms with van der Waals surface area (Å²) >= 11 is 3.31. The molecule has 0 aliphatic carbocycles. The molecular formula is C13H17NO3S2. The molecule has 1 aliphatic heterocycles. The third kappa shape index (κ3) is 3.30. The van der Waals surface area contributed by atoms with E-state index < -0.39 is 5.97 Å². The number of amides is 1. The van der Waals surface area contributed by atoms with E-state index in [0.29, 0.717) is 6.54 Å². The maximum atomic E-state index is 12.5. The van der Waals surface area contributed by atoms with Crippen LogP contribution in [-0.4, -0.2) is 40.7 Å². The molecule has 1 aromatic rings. The zero-order valence-electron chi connectivity index (χ0n) is 10.8. The summed E-state index contributed by atoms with van der Waals surface area (Å²) in [5, 5.41) is 10.7. The van der Waals surface area contributed by atoms with Crippen LogP contribution in [0.15, 0.2) is 11.4 Å². The number of thioether (sulfide) groups is 1. The van der Waals surface area contributed by atoms with Gasteiger partial charge < -0.3 is 10.0 Å². The predicted octanol–water partition coefficient (Wildman–Crippen LogP) is 2.40. The Kier molecular flexibility index (Phi) is 4.87. The van der Waals surface area contributed by atoms with Crippen molar-refractivity contribution in [2.45, 2.75) is 25.0 Å². The number of carbonyl (C=O) groups is 2. The minimum Gasteiger partial charge on any atom is -0.480 e. The second kappa shape index (κ2) is 6.43. The molecule has 1 unspecified atom stereocenters. The van der Waals surface area contributed by atoms with Crippen molar-refractivity contribution in [1.82, 2.24) is 4.90 Å². The highest BCUT2D eigenvalue weighted by atomic mass is 32.2. The number of rotatable bonds is 5. The van der Waals surface area contributed by atoms with Crippen molar-refractivity contribution in [3.8, 4) is 0 Å². The molecule has 6 heteroatoms. The van der Waals surface area contributed by atoms with Gasteiger partial charge in [0, 0.05) is 11.4 Å². The van der Waals surface area contributed by atoms with E-state index in [1.165, 1.54) is 9.78 Å². The monoisotopic (exact) mass is 299 g/mol. The first-order valence-electron chi connectivity index (χ1n) is 6.32. The van der Waals surface area contributed by atoms with E-state index in [1.54, 1.807) is 23.1 Å². The van der Waals surface area contributed by atoms with E-state index in [-0.39, 0.29) is 17.7 Å². The molecule has 0 bridgehead atoms. The molecule has 104 valence electrons.